The Kier molecular flexibility index (Phi) is 6.18. The van der Waals surface area contributed by atoms with Crippen molar-refractivity contribution in [1.29, 1.82) is 0 Å². The molecule has 0 aliphatic carbocycles. The molecule has 0 atom stereocenters. The fraction of sp³-hybridized carbons (Fsp3) is 0.0227. The molecule has 5 nitrogen and oxygen atoms in total. The third-order valence-corrected chi connectivity index (χ3v) is 9.60. The van der Waals surface area contributed by atoms with E-state index in [1.165, 1.54) is 32.3 Å². The van der Waals surface area contributed by atoms with Gasteiger partial charge in [-0.2, -0.15) is 0 Å². The molecule has 3 heterocycles. The van der Waals surface area contributed by atoms with Crippen molar-refractivity contribution in [2.75, 3.05) is 0 Å². The Morgan fingerprint density at radius 3 is 1.86 bits per heavy atom. The molecule has 5 heteroatoms. The first-order chi connectivity index (χ1) is 24.3. The third-order valence-electron chi connectivity index (χ3n) is 9.60. The van der Waals surface area contributed by atoms with Crippen LogP contribution in [0, 0.1) is 0 Å². The van der Waals surface area contributed by atoms with Gasteiger partial charge in [0.2, 0.25) is 0 Å². The zero-order chi connectivity index (χ0) is 32.3. The number of benzene rings is 7. The van der Waals surface area contributed by atoms with Crippen LogP contribution in [0.2, 0.25) is 0 Å². The number of nitrogens with zero attached hydrogens (tertiary/aromatic N) is 3. The number of fused-ring (bicyclic) bond motifs is 8. The summed E-state index contributed by atoms with van der Waals surface area (Å²) >= 11 is 0. The molecule has 1 aliphatic rings. The standard InChI is InChI=1S/C44H28N4O/c1-3-12-28(13-4-1)42-46-43(29-14-5-2-6-15-29)48-44(47-42)35-22-21-34(41-40(35)38-26-45-24-23-39(38)49-41)37-25-36-30-16-8-7-11-27(30)19-20-33(36)31-17-9-10-18-32(31)37/h1-25,45H,26H2. The molecule has 1 aliphatic heterocycles. The Bertz CT molecular complexity index is 2710. The average molecular weight is 629 g/mol. The summed E-state index contributed by atoms with van der Waals surface area (Å²) in [5.41, 5.74) is 6.86. The van der Waals surface area contributed by atoms with Crippen molar-refractivity contribution in [3.63, 3.8) is 0 Å². The van der Waals surface area contributed by atoms with E-state index in [1.807, 2.05) is 72.9 Å². The molecule has 230 valence electrons. The Hall–Kier alpha value is -6.59. The fourth-order valence-electron chi connectivity index (χ4n) is 7.30. The first-order valence-electron chi connectivity index (χ1n) is 16.5. The van der Waals surface area contributed by atoms with Gasteiger partial charge >= 0.3 is 0 Å². The molecule has 7 aromatic carbocycles. The lowest BCUT2D eigenvalue weighted by Gasteiger charge is -2.15. The highest BCUT2D eigenvalue weighted by Gasteiger charge is 2.25. The van der Waals surface area contributed by atoms with Crippen LogP contribution in [-0.2, 0) is 6.54 Å². The van der Waals surface area contributed by atoms with E-state index in [4.69, 9.17) is 19.4 Å². The number of nitrogens with one attached hydrogen (secondary N) is 1. The van der Waals surface area contributed by atoms with E-state index in [1.54, 1.807) is 0 Å². The molecular weight excluding hydrogens is 601 g/mol. The first kappa shape index (κ1) is 27.5. The molecule has 0 fully saturated rings. The molecule has 49 heavy (non-hydrogen) atoms. The molecule has 0 saturated heterocycles. The monoisotopic (exact) mass is 628 g/mol. The van der Waals surface area contributed by atoms with E-state index >= 15 is 0 Å². The number of rotatable bonds is 4. The summed E-state index contributed by atoms with van der Waals surface area (Å²) in [6, 6.07) is 48.6. The van der Waals surface area contributed by atoms with E-state index in [-0.39, 0.29) is 0 Å². The molecule has 1 N–H and O–H groups in total. The van der Waals surface area contributed by atoms with E-state index in [2.05, 4.69) is 84.2 Å². The summed E-state index contributed by atoms with van der Waals surface area (Å²) in [6.45, 7) is 0.639. The highest BCUT2D eigenvalue weighted by atomic mass is 16.3. The lowest BCUT2D eigenvalue weighted by molar-refractivity contribution is 0.593. The maximum Gasteiger partial charge on any atom is 0.164 e. The second kappa shape index (κ2) is 11.0. The molecule has 0 bridgehead atoms. The molecule has 0 amide bonds. The van der Waals surface area contributed by atoms with E-state index in [0.717, 1.165) is 50.1 Å². The van der Waals surface area contributed by atoms with Crippen molar-refractivity contribution in [2.24, 2.45) is 0 Å². The molecule has 0 radical (unpaired) electrons. The maximum absolute atomic E-state index is 6.82. The van der Waals surface area contributed by atoms with E-state index in [9.17, 15) is 0 Å². The summed E-state index contributed by atoms with van der Waals surface area (Å²) in [5, 5.41) is 11.7. The van der Waals surface area contributed by atoms with Crippen LogP contribution in [0.25, 0.3) is 94.7 Å². The Balaban J connectivity index is 1.28. The van der Waals surface area contributed by atoms with Gasteiger partial charge in [0.25, 0.3) is 0 Å². The molecule has 0 spiro atoms. The van der Waals surface area contributed by atoms with Crippen LogP contribution in [0.4, 0.5) is 0 Å². The van der Waals surface area contributed by atoms with Crippen LogP contribution in [0.5, 0.6) is 0 Å². The quantitative estimate of drug-likeness (QED) is 0.197. The van der Waals surface area contributed by atoms with E-state index < -0.39 is 0 Å². The van der Waals surface area contributed by atoms with Gasteiger partial charge in [-0.25, -0.2) is 15.0 Å². The zero-order valence-corrected chi connectivity index (χ0v) is 26.4. The van der Waals surface area contributed by atoms with Crippen LogP contribution in [-0.4, -0.2) is 15.0 Å². The van der Waals surface area contributed by atoms with Crippen molar-refractivity contribution in [3.8, 4) is 45.3 Å². The van der Waals surface area contributed by atoms with Gasteiger partial charge in [-0.05, 0) is 62.2 Å². The zero-order valence-electron chi connectivity index (χ0n) is 26.4. The predicted octanol–water partition coefficient (Wildman–Crippen LogP) is 10.8. The Morgan fingerprint density at radius 1 is 0.490 bits per heavy atom. The third kappa shape index (κ3) is 4.44. The lowest BCUT2D eigenvalue weighted by atomic mass is 9.89. The predicted molar refractivity (Wildman–Crippen MR) is 200 cm³/mol. The van der Waals surface area contributed by atoms with Crippen molar-refractivity contribution in [2.45, 2.75) is 6.54 Å². The van der Waals surface area contributed by atoms with Gasteiger partial charge in [0.15, 0.2) is 17.5 Å². The van der Waals surface area contributed by atoms with Gasteiger partial charge in [-0.1, -0.05) is 121 Å². The normalized spacial score (nSPS) is 12.5. The Labute approximate surface area is 282 Å². The van der Waals surface area contributed by atoms with Gasteiger partial charge in [0.05, 0.1) is 0 Å². The second-order valence-corrected chi connectivity index (χ2v) is 12.4. The maximum atomic E-state index is 6.82. The largest absolute Gasteiger partial charge is 0.456 e. The van der Waals surface area contributed by atoms with Gasteiger partial charge in [-0.3, -0.25) is 0 Å². The first-order valence-corrected chi connectivity index (χ1v) is 16.5. The molecular formula is C44H28N4O. The minimum absolute atomic E-state index is 0.608. The van der Waals surface area contributed by atoms with Crippen LogP contribution in [0.3, 0.4) is 0 Å². The van der Waals surface area contributed by atoms with Crippen molar-refractivity contribution < 1.29 is 4.42 Å². The molecule has 10 rings (SSSR count). The number of aromatic nitrogens is 3. The lowest BCUT2D eigenvalue weighted by Crippen LogP contribution is -2.09. The van der Waals surface area contributed by atoms with Crippen molar-refractivity contribution >= 4 is 49.4 Å². The minimum Gasteiger partial charge on any atom is -0.456 e. The SMILES string of the molecule is C1=Cc2oc3c(-c4cc5c6ccccc6ccc5c5ccccc45)ccc(-c4nc(-c5ccccc5)nc(-c5ccccc5)n4)c3c2CN1. The van der Waals surface area contributed by atoms with Crippen molar-refractivity contribution in [3.05, 3.63) is 157 Å². The number of hydrogen-bond acceptors (Lipinski definition) is 5. The van der Waals surface area contributed by atoms with Crippen LogP contribution < -0.4 is 5.32 Å². The van der Waals surface area contributed by atoms with Crippen LogP contribution in [0.1, 0.15) is 11.3 Å². The van der Waals surface area contributed by atoms with Crippen LogP contribution >= 0.6 is 0 Å². The van der Waals surface area contributed by atoms with Crippen molar-refractivity contribution in [1.82, 2.24) is 20.3 Å². The summed E-state index contributed by atoms with van der Waals surface area (Å²) in [7, 11) is 0. The second-order valence-electron chi connectivity index (χ2n) is 12.4. The highest BCUT2D eigenvalue weighted by Crippen LogP contribution is 2.45. The number of furan rings is 1. The topological polar surface area (TPSA) is 63.8 Å². The average Bonchev–Trinajstić information content (AvgIpc) is 3.57. The molecule has 9 aromatic rings. The minimum atomic E-state index is 0.608. The molecule has 0 unspecified atom stereocenters. The fourth-order valence-corrected chi connectivity index (χ4v) is 7.30. The summed E-state index contributed by atoms with van der Waals surface area (Å²) in [4.78, 5) is 15.1. The highest BCUT2D eigenvalue weighted by molar-refractivity contribution is 6.22. The van der Waals surface area contributed by atoms with Gasteiger partial charge in [0, 0.05) is 45.9 Å². The smallest absolute Gasteiger partial charge is 0.164 e. The summed E-state index contributed by atoms with van der Waals surface area (Å²) < 4.78 is 6.82. The summed E-state index contributed by atoms with van der Waals surface area (Å²) in [6.07, 6.45) is 3.96. The summed E-state index contributed by atoms with van der Waals surface area (Å²) in [5.74, 6) is 2.71. The van der Waals surface area contributed by atoms with Gasteiger partial charge in [0.1, 0.15) is 11.3 Å². The molecule has 0 saturated carbocycles. The van der Waals surface area contributed by atoms with Gasteiger partial charge in [-0.15, -0.1) is 0 Å². The molecule has 2 aromatic heterocycles. The van der Waals surface area contributed by atoms with Crippen LogP contribution in [0.15, 0.2) is 150 Å². The number of hydrogen-bond donors (Lipinski definition) is 1. The Morgan fingerprint density at radius 2 is 1.10 bits per heavy atom. The van der Waals surface area contributed by atoms with E-state index in [0.29, 0.717) is 24.0 Å². The van der Waals surface area contributed by atoms with Gasteiger partial charge < -0.3 is 9.73 Å².